The van der Waals surface area contributed by atoms with E-state index in [-0.39, 0.29) is 16.8 Å². The molecule has 2 aromatic carbocycles. The quantitative estimate of drug-likeness (QED) is 0.551. The largest absolute Gasteiger partial charge is 0.496 e. The van der Waals surface area contributed by atoms with E-state index in [2.05, 4.69) is 17.4 Å². The lowest BCUT2D eigenvalue weighted by atomic mass is 9.73. The van der Waals surface area contributed by atoms with Crippen molar-refractivity contribution in [3.63, 3.8) is 0 Å². The Kier molecular flexibility index (Phi) is 7.35. The third-order valence-electron chi connectivity index (χ3n) is 5.99. The molecule has 2 aromatic rings. The molecule has 3 atom stereocenters. The monoisotopic (exact) mass is 447 g/mol. The van der Waals surface area contributed by atoms with Crippen LogP contribution in [0.5, 0.6) is 5.75 Å². The number of carbonyl (C=O) groups excluding carboxylic acids is 1. The SMILES string of the molecule is COC(=O)[C@@H]1CN[C@@H]2Cc3cccc(OC)c3C[C@H]2C1.Cc1ccc(S(=O)(=O)O)cc1. The summed E-state index contributed by atoms with van der Waals surface area (Å²) in [5, 5.41) is 3.52. The molecule has 0 spiro atoms. The van der Waals surface area contributed by atoms with Gasteiger partial charge in [0, 0.05) is 12.6 Å². The van der Waals surface area contributed by atoms with Gasteiger partial charge < -0.3 is 14.8 Å². The fraction of sp³-hybridized carbons (Fsp3) is 0.435. The smallest absolute Gasteiger partial charge is 0.309 e. The molecule has 7 nitrogen and oxygen atoms in total. The van der Waals surface area contributed by atoms with Gasteiger partial charge in [-0.1, -0.05) is 29.8 Å². The van der Waals surface area contributed by atoms with E-state index in [1.807, 2.05) is 13.0 Å². The lowest BCUT2D eigenvalue weighted by Gasteiger charge is -2.40. The van der Waals surface area contributed by atoms with Crippen LogP contribution in [0.15, 0.2) is 47.4 Å². The van der Waals surface area contributed by atoms with Gasteiger partial charge in [0.25, 0.3) is 10.1 Å². The first-order chi connectivity index (χ1) is 14.7. The zero-order valence-electron chi connectivity index (χ0n) is 18.0. The Labute approximate surface area is 183 Å². The molecule has 0 aromatic heterocycles. The first kappa shape index (κ1) is 23.2. The Balaban J connectivity index is 0.000000210. The van der Waals surface area contributed by atoms with Crippen LogP contribution in [-0.2, 0) is 32.5 Å². The molecule has 168 valence electrons. The lowest BCUT2D eigenvalue weighted by Crippen LogP contribution is -2.51. The summed E-state index contributed by atoms with van der Waals surface area (Å²) in [6.45, 7) is 2.57. The topological polar surface area (TPSA) is 102 Å². The summed E-state index contributed by atoms with van der Waals surface area (Å²) in [6, 6.07) is 12.7. The molecule has 2 aliphatic rings. The van der Waals surface area contributed by atoms with Crippen LogP contribution in [0, 0.1) is 18.8 Å². The van der Waals surface area contributed by atoms with Crippen LogP contribution in [0.4, 0.5) is 0 Å². The predicted molar refractivity (Wildman–Crippen MR) is 117 cm³/mol. The predicted octanol–water partition coefficient (Wildman–Crippen LogP) is 2.80. The molecule has 1 saturated heterocycles. The van der Waals surface area contributed by atoms with E-state index in [1.165, 1.54) is 30.4 Å². The van der Waals surface area contributed by atoms with Gasteiger partial charge in [0.05, 0.1) is 25.0 Å². The number of hydrogen-bond acceptors (Lipinski definition) is 6. The van der Waals surface area contributed by atoms with Gasteiger partial charge in [0.2, 0.25) is 0 Å². The van der Waals surface area contributed by atoms with E-state index in [0.717, 1.165) is 37.1 Å². The van der Waals surface area contributed by atoms with Gasteiger partial charge >= 0.3 is 5.97 Å². The Morgan fingerprint density at radius 2 is 1.81 bits per heavy atom. The van der Waals surface area contributed by atoms with Crippen molar-refractivity contribution in [3.05, 3.63) is 59.2 Å². The highest BCUT2D eigenvalue weighted by Gasteiger charge is 2.37. The normalized spacial score (nSPS) is 22.3. The van der Waals surface area contributed by atoms with Crippen LogP contribution >= 0.6 is 0 Å². The van der Waals surface area contributed by atoms with Crippen molar-refractivity contribution in [1.82, 2.24) is 5.32 Å². The first-order valence-electron chi connectivity index (χ1n) is 10.2. The summed E-state index contributed by atoms with van der Waals surface area (Å²) in [5.74, 6) is 1.34. The Hall–Kier alpha value is -2.42. The summed E-state index contributed by atoms with van der Waals surface area (Å²) in [4.78, 5) is 11.7. The number of methoxy groups -OCH3 is 2. The lowest BCUT2D eigenvalue weighted by molar-refractivity contribution is -0.146. The van der Waals surface area contributed by atoms with Crippen molar-refractivity contribution < 1.29 is 27.2 Å². The van der Waals surface area contributed by atoms with Gasteiger partial charge in [-0.25, -0.2) is 0 Å². The number of esters is 1. The third-order valence-corrected chi connectivity index (χ3v) is 6.86. The summed E-state index contributed by atoms with van der Waals surface area (Å²) in [5.41, 5.74) is 3.63. The maximum atomic E-state index is 11.7. The molecule has 2 N–H and O–H groups in total. The molecule has 0 saturated carbocycles. The molecule has 0 radical (unpaired) electrons. The highest BCUT2D eigenvalue weighted by molar-refractivity contribution is 7.85. The zero-order valence-corrected chi connectivity index (χ0v) is 18.8. The second-order valence-electron chi connectivity index (χ2n) is 8.02. The molecular formula is C23H29NO6S. The maximum Gasteiger partial charge on any atom is 0.309 e. The Morgan fingerprint density at radius 1 is 1.10 bits per heavy atom. The maximum absolute atomic E-state index is 11.7. The average Bonchev–Trinajstić information content (AvgIpc) is 2.76. The van der Waals surface area contributed by atoms with Crippen molar-refractivity contribution in [1.29, 1.82) is 0 Å². The van der Waals surface area contributed by atoms with E-state index >= 15 is 0 Å². The van der Waals surface area contributed by atoms with Gasteiger partial charge in [0.1, 0.15) is 5.75 Å². The molecule has 0 bridgehead atoms. The number of hydrogen-bond donors (Lipinski definition) is 2. The van der Waals surface area contributed by atoms with Gasteiger partial charge in [0.15, 0.2) is 0 Å². The second kappa shape index (κ2) is 9.80. The third kappa shape index (κ3) is 5.64. The minimum atomic E-state index is -4.02. The standard InChI is InChI=1S/C16H21NO3.C7H8O3S/c1-19-15-5-3-4-10-8-14-11(7-13(10)15)6-12(9-17-14)16(18)20-2;1-6-2-4-7(5-3-6)11(8,9)10/h3-5,11-12,14,17H,6-9H2,1-2H3;2-5H,1H3,(H,8,9,10)/t11-,12+,14-;/m1./s1. The first-order valence-corrected chi connectivity index (χ1v) is 11.7. The van der Waals surface area contributed by atoms with Crippen molar-refractivity contribution >= 4 is 16.1 Å². The van der Waals surface area contributed by atoms with Crippen molar-refractivity contribution in [2.24, 2.45) is 11.8 Å². The number of nitrogens with one attached hydrogen (secondary N) is 1. The van der Waals surface area contributed by atoms with Crippen LogP contribution in [-0.4, -0.2) is 45.7 Å². The molecule has 1 aliphatic carbocycles. The van der Waals surface area contributed by atoms with Crippen LogP contribution < -0.4 is 10.1 Å². The van der Waals surface area contributed by atoms with Gasteiger partial charge in [-0.15, -0.1) is 0 Å². The molecule has 1 fully saturated rings. The summed E-state index contributed by atoms with van der Waals surface area (Å²) < 4.78 is 39.9. The van der Waals surface area contributed by atoms with Crippen LogP contribution in [0.1, 0.15) is 23.1 Å². The number of carbonyl (C=O) groups is 1. The van der Waals surface area contributed by atoms with E-state index in [1.54, 1.807) is 19.2 Å². The summed E-state index contributed by atoms with van der Waals surface area (Å²) >= 11 is 0. The van der Waals surface area contributed by atoms with E-state index in [9.17, 15) is 13.2 Å². The number of rotatable bonds is 3. The Morgan fingerprint density at radius 3 is 2.42 bits per heavy atom. The Bertz CT molecular complexity index is 1020. The van der Waals surface area contributed by atoms with Crippen molar-refractivity contribution in [2.45, 2.75) is 37.1 Å². The number of fused-ring (bicyclic) bond motifs is 2. The van der Waals surface area contributed by atoms with E-state index in [0.29, 0.717) is 12.0 Å². The second-order valence-corrected chi connectivity index (χ2v) is 9.45. The molecule has 0 unspecified atom stereocenters. The van der Waals surface area contributed by atoms with E-state index < -0.39 is 10.1 Å². The fourth-order valence-corrected chi connectivity index (χ4v) is 4.80. The summed E-state index contributed by atoms with van der Waals surface area (Å²) in [6.07, 6.45) is 2.90. The molecule has 0 amide bonds. The molecule has 1 aliphatic heterocycles. The highest BCUT2D eigenvalue weighted by atomic mass is 32.2. The fourth-order valence-electron chi connectivity index (χ4n) is 4.32. The molecule has 1 heterocycles. The minimum Gasteiger partial charge on any atom is -0.496 e. The van der Waals surface area contributed by atoms with Gasteiger partial charge in [-0.2, -0.15) is 8.42 Å². The molecule has 8 heteroatoms. The molecule has 4 rings (SSSR count). The van der Waals surface area contributed by atoms with Gasteiger partial charge in [-0.3, -0.25) is 9.35 Å². The van der Waals surface area contributed by atoms with Crippen LogP contribution in [0.2, 0.25) is 0 Å². The van der Waals surface area contributed by atoms with Crippen molar-refractivity contribution in [2.75, 3.05) is 20.8 Å². The number of ether oxygens (including phenoxy) is 2. The molecule has 31 heavy (non-hydrogen) atoms. The molecular weight excluding hydrogens is 418 g/mol. The zero-order chi connectivity index (χ0) is 22.6. The van der Waals surface area contributed by atoms with Crippen molar-refractivity contribution in [3.8, 4) is 5.75 Å². The van der Waals surface area contributed by atoms with Crippen LogP contribution in [0.25, 0.3) is 0 Å². The average molecular weight is 448 g/mol. The van der Waals surface area contributed by atoms with Crippen LogP contribution in [0.3, 0.4) is 0 Å². The minimum absolute atomic E-state index is 0.0162. The van der Waals surface area contributed by atoms with E-state index in [4.69, 9.17) is 14.0 Å². The highest BCUT2D eigenvalue weighted by Crippen LogP contribution is 2.37. The number of aryl methyl sites for hydroxylation is 1. The number of benzene rings is 2. The summed E-state index contributed by atoms with van der Waals surface area (Å²) in [7, 11) is -0.833. The van der Waals surface area contributed by atoms with Gasteiger partial charge in [-0.05, 0) is 61.4 Å². The number of piperidine rings is 1.